The van der Waals surface area contributed by atoms with E-state index >= 15 is 0 Å². The molecule has 0 bridgehead atoms. The van der Waals surface area contributed by atoms with Gasteiger partial charge >= 0.3 is 5.97 Å². The topological polar surface area (TPSA) is 119 Å². The summed E-state index contributed by atoms with van der Waals surface area (Å²) in [4.78, 5) is 32.0. The number of amides is 2. The fraction of sp³-hybridized carbons (Fsp3) is 0.667. The van der Waals surface area contributed by atoms with E-state index in [1.54, 1.807) is 0 Å². The van der Waals surface area contributed by atoms with E-state index in [0.29, 0.717) is 6.42 Å². The van der Waals surface area contributed by atoms with Crippen molar-refractivity contribution in [2.45, 2.75) is 6.42 Å². The summed E-state index contributed by atoms with van der Waals surface area (Å²) in [5, 5.41) is 11.1. The van der Waals surface area contributed by atoms with Gasteiger partial charge in [-0.15, -0.1) is 0 Å². The fourth-order valence-corrected chi connectivity index (χ4v) is 1.31. The van der Waals surface area contributed by atoms with E-state index in [9.17, 15) is 14.4 Å². The van der Waals surface area contributed by atoms with Gasteiger partial charge in [-0.3, -0.25) is 14.4 Å². The van der Waals surface area contributed by atoms with Gasteiger partial charge in [-0.05, 0) is 6.42 Å². The van der Waals surface area contributed by atoms with Crippen molar-refractivity contribution in [2.75, 3.05) is 19.8 Å². The second kappa shape index (κ2) is 5.45. The van der Waals surface area contributed by atoms with Gasteiger partial charge in [0.25, 0.3) is 0 Å². The Balaban J connectivity index is 2.04. The van der Waals surface area contributed by atoms with Crippen molar-refractivity contribution in [1.82, 2.24) is 5.32 Å². The summed E-state index contributed by atoms with van der Waals surface area (Å²) in [5.74, 6) is -2.76. The number of aliphatic carboxylic acids is 1. The van der Waals surface area contributed by atoms with Crippen molar-refractivity contribution in [3.63, 3.8) is 0 Å². The van der Waals surface area contributed by atoms with Crippen LogP contribution in [0.15, 0.2) is 0 Å². The average molecular weight is 230 g/mol. The first-order chi connectivity index (χ1) is 7.52. The predicted octanol–water partition coefficient (Wildman–Crippen LogP) is -1.67. The van der Waals surface area contributed by atoms with Crippen molar-refractivity contribution < 1.29 is 24.2 Å². The first-order valence-electron chi connectivity index (χ1n) is 4.89. The molecular formula is C9H14N2O5. The molecule has 0 aromatic carbocycles. The minimum atomic E-state index is -0.940. The van der Waals surface area contributed by atoms with Gasteiger partial charge in [-0.25, -0.2) is 0 Å². The maximum atomic E-state index is 11.3. The standard InChI is InChI=1S/C9H14N2O5/c10-7(12)4-16-2-1-11-8(13)5-3-6(5)9(14)15/h5-6H,1-4H2,(H2,10,12)(H,11,13)(H,14,15). The lowest BCUT2D eigenvalue weighted by molar-refractivity contribution is -0.140. The van der Waals surface area contributed by atoms with E-state index in [4.69, 9.17) is 15.6 Å². The first kappa shape index (κ1) is 12.4. The SMILES string of the molecule is NC(=O)COCCNC(=O)C1CC1C(=O)O. The third-order valence-corrected chi connectivity index (χ3v) is 2.23. The molecule has 4 N–H and O–H groups in total. The van der Waals surface area contributed by atoms with Crippen LogP contribution in [0.3, 0.4) is 0 Å². The van der Waals surface area contributed by atoms with Crippen molar-refractivity contribution in [3.8, 4) is 0 Å². The molecule has 2 unspecified atom stereocenters. The van der Waals surface area contributed by atoms with E-state index in [1.807, 2.05) is 0 Å². The van der Waals surface area contributed by atoms with Gasteiger partial charge in [-0.2, -0.15) is 0 Å². The number of carbonyl (C=O) groups excluding carboxylic acids is 2. The molecule has 0 aromatic heterocycles. The van der Waals surface area contributed by atoms with Crippen molar-refractivity contribution in [2.24, 2.45) is 17.6 Å². The van der Waals surface area contributed by atoms with Crippen LogP contribution in [0.5, 0.6) is 0 Å². The molecule has 1 saturated carbocycles. The van der Waals surface area contributed by atoms with Crippen molar-refractivity contribution in [1.29, 1.82) is 0 Å². The first-order valence-corrected chi connectivity index (χ1v) is 4.89. The highest BCUT2D eigenvalue weighted by atomic mass is 16.5. The summed E-state index contributed by atoms with van der Waals surface area (Å²) < 4.78 is 4.81. The number of rotatable bonds is 7. The normalized spacial score (nSPS) is 22.5. The van der Waals surface area contributed by atoms with Gasteiger partial charge in [0.2, 0.25) is 11.8 Å². The predicted molar refractivity (Wildman–Crippen MR) is 52.3 cm³/mol. The number of nitrogens with one attached hydrogen (secondary N) is 1. The second-order valence-corrected chi connectivity index (χ2v) is 3.60. The van der Waals surface area contributed by atoms with E-state index in [-0.39, 0.29) is 25.7 Å². The molecule has 1 aliphatic rings. The maximum Gasteiger partial charge on any atom is 0.307 e. The van der Waals surface area contributed by atoms with Crippen LogP contribution in [-0.2, 0) is 19.1 Å². The molecule has 0 saturated heterocycles. The molecule has 1 rings (SSSR count). The molecule has 7 nitrogen and oxygen atoms in total. The van der Waals surface area contributed by atoms with Crippen molar-refractivity contribution in [3.05, 3.63) is 0 Å². The van der Waals surface area contributed by atoms with Crippen LogP contribution < -0.4 is 11.1 Å². The lowest BCUT2D eigenvalue weighted by Crippen LogP contribution is -2.30. The number of nitrogens with two attached hydrogens (primary N) is 1. The highest BCUT2D eigenvalue weighted by molar-refractivity contribution is 5.89. The zero-order valence-electron chi connectivity index (χ0n) is 8.64. The highest BCUT2D eigenvalue weighted by Crippen LogP contribution is 2.38. The fourth-order valence-electron chi connectivity index (χ4n) is 1.31. The van der Waals surface area contributed by atoms with Crippen LogP contribution in [-0.4, -0.2) is 42.6 Å². The number of carbonyl (C=O) groups is 3. The molecule has 2 amide bonds. The largest absolute Gasteiger partial charge is 0.481 e. The van der Waals surface area contributed by atoms with E-state index in [2.05, 4.69) is 5.32 Å². The summed E-state index contributed by atoms with van der Waals surface area (Å²) in [7, 11) is 0. The molecule has 0 radical (unpaired) electrons. The molecule has 0 aliphatic heterocycles. The van der Waals surface area contributed by atoms with Gasteiger partial charge in [0.1, 0.15) is 6.61 Å². The molecule has 16 heavy (non-hydrogen) atoms. The van der Waals surface area contributed by atoms with Crippen LogP contribution in [0.1, 0.15) is 6.42 Å². The Labute approximate surface area is 91.9 Å². The van der Waals surface area contributed by atoms with Crippen LogP contribution in [0.4, 0.5) is 0 Å². The zero-order valence-corrected chi connectivity index (χ0v) is 8.64. The molecular weight excluding hydrogens is 216 g/mol. The number of hydrogen-bond donors (Lipinski definition) is 3. The quantitative estimate of drug-likeness (QED) is 0.451. The Morgan fingerprint density at radius 3 is 2.56 bits per heavy atom. The van der Waals surface area contributed by atoms with Gasteiger partial charge in [-0.1, -0.05) is 0 Å². The van der Waals surface area contributed by atoms with Gasteiger partial charge < -0.3 is 20.9 Å². The Bertz CT molecular complexity index is 304. The second-order valence-electron chi connectivity index (χ2n) is 3.60. The summed E-state index contributed by atoms with van der Waals surface area (Å²) in [6.45, 7) is 0.241. The van der Waals surface area contributed by atoms with Crippen LogP contribution in [0.2, 0.25) is 0 Å². The van der Waals surface area contributed by atoms with Gasteiger partial charge in [0, 0.05) is 6.54 Å². The third-order valence-electron chi connectivity index (χ3n) is 2.23. The maximum absolute atomic E-state index is 11.3. The molecule has 0 aromatic rings. The number of hydrogen-bond acceptors (Lipinski definition) is 4. The molecule has 2 atom stereocenters. The molecule has 1 aliphatic carbocycles. The summed E-state index contributed by atoms with van der Waals surface area (Å²) >= 11 is 0. The van der Waals surface area contributed by atoms with Crippen molar-refractivity contribution >= 4 is 17.8 Å². The molecule has 0 heterocycles. The lowest BCUT2D eigenvalue weighted by atomic mass is 10.3. The minimum Gasteiger partial charge on any atom is -0.481 e. The van der Waals surface area contributed by atoms with Crippen LogP contribution in [0.25, 0.3) is 0 Å². The Morgan fingerprint density at radius 2 is 2.06 bits per heavy atom. The lowest BCUT2D eigenvalue weighted by Gasteiger charge is -2.04. The number of carboxylic acids is 1. The summed E-state index contributed by atoms with van der Waals surface area (Å²) in [6, 6.07) is 0. The van der Waals surface area contributed by atoms with Gasteiger partial charge in [0.15, 0.2) is 0 Å². The number of primary amides is 1. The monoisotopic (exact) mass is 230 g/mol. The molecule has 7 heteroatoms. The van der Waals surface area contributed by atoms with E-state index < -0.39 is 23.7 Å². The zero-order chi connectivity index (χ0) is 12.1. The summed E-state index contributed by atoms with van der Waals surface area (Å²) in [5.41, 5.74) is 4.83. The molecule has 90 valence electrons. The van der Waals surface area contributed by atoms with Crippen LogP contribution >= 0.6 is 0 Å². The average Bonchev–Trinajstić information content (AvgIpc) is 2.95. The molecule has 1 fully saturated rings. The number of ether oxygens (including phenoxy) is 1. The Morgan fingerprint density at radius 1 is 1.38 bits per heavy atom. The highest BCUT2D eigenvalue weighted by Gasteiger charge is 2.48. The van der Waals surface area contributed by atoms with Crippen LogP contribution in [0, 0.1) is 11.8 Å². The van der Waals surface area contributed by atoms with Gasteiger partial charge in [0.05, 0.1) is 18.4 Å². The number of carboxylic acid groups (broad SMARTS) is 1. The third kappa shape index (κ3) is 3.85. The smallest absolute Gasteiger partial charge is 0.307 e. The van der Waals surface area contributed by atoms with E-state index in [1.165, 1.54) is 0 Å². The minimum absolute atomic E-state index is 0.180. The summed E-state index contributed by atoms with van der Waals surface area (Å²) in [6.07, 6.45) is 0.392. The Kier molecular flexibility index (Phi) is 4.24. The van der Waals surface area contributed by atoms with E-state index in [0.717, 1.165) is 0 Å². The Hall–Kier alpha value is -1.63. The molecule has 0 spiro atoms.